The summed E-state index contributed by atoms with van der Waals surface area (Å²) in [6.45, 7) is 2.38. The van der Waals surface area contributed by atoms with Gasteiger partial charge in [-0.2, -0.15) is 0 Å². The molecule has 19 heavy (non-hydrogen) atoms. The number of nitrogens with zero attached hydrogens (tertiary/aromatic N) is 1. The zero-order valence-electron chi connectivity index (χ0n) is 10.7. The predicted molar refractivity (Wildman–Crippen MR) is 77.8 cm³/mol. The molecular weight excluding hydrogens is 256 g/mol. The molecule has 0 aliphatic rings. The van der Waals surface area contributed by atoms with Crippen LogP contribution in [0.3, 0.4) is 0 Å². The van der Waals surface area contributed by atoms with Crippen molar-refractivity contribution in [2.45, 2.75) is 23.6 Å². The van der Waals surface area contributed by atoms with Crippen molar-refractivity contribution in [1.82, 2.24) is 10.3 Å². The second-order valence-electron chi connectivity index (χ2n) is 4.11. The van der Waals surface area contributed by atoms with E-state index >= 15 is 0 Å². The van der Waals surface area contributed by atoms with Crippen LogP contribution < -0.4 is 5.32 Å². The van der Waals surface area contributed by atoms with E-state index in [1.807, 2.05) is 55.5 Å². The molecule has 1 heterocycles. The largest absolute Gasteiger partial charge is 0.349 e. The van der Waals surface area contributed by atoms with Crippen LogP contribution in [-0.2, 0) is 11.3 Å². The molecule has 2 rings (SSSR count). The number of nitrogens with one attached hydrogen (secondary N) is 1. The van der Waals surface area contributed by atoms with Crippen LogP contribution in [0.25, 0.3) is 0 Å². The molecule has 1 atom stereocenters. The number of rotatable bonds is 5. The highest BCUT2D eigenvalue weighted by Gasteiger charge is 2.13. The Morgan fingerprint density at radius 1 is 1.21 bits per heavy atom. The van der Waals surface area contributed by atoms with Gasteiger partial charge in [-0.05, 0) is 31.2 Å². The SMILES string of the molecule is C[C@@H](Sc1ccccc1)C(=O)NCc1ccccn1. The van der Waals surface area contributed by atoms with Gasteiger partial charge in [0.1, 0.15) is 0 Å². The van der Waals surface area contributed by atoms with E-state index in [0.29, 0.717) is 6.54 Å². The molecule has 1 amide bonds. The van der Waals surface area contributed by atoms with Crippen LogP contribution in [0.2, 0.25) is 0 Å². The van der Waals surface area contributed by atoms with Crippen molar-refractivity contribution in [3.8, 4) is 0 Å². The number of hydrogen-bond acceptors (Lipinski definition) is 3. The molecule has 3 nitrogen and oxygen atoms in total. The molecule has 0 bridgehead atoms. The Balaban J connectivity index is 1.83. The van der Waals surface area contributed by atoms with E-state index in [9.17, 15) is 4.79 Å². The van der Waals surface area contributed by atoms with Crippen molar-refractivity contribution in [2.75, 3.05) is 0 Å². The highest BCUT2D eigenvalue weighted by Crippen LogP contribution is 2.22. The zero-order chi connectivity index (χ0) is 13.5. The van der Waals surface area contributed by atoms with Gasteiger partial charge in [0.15, 0.2) is 0 Å². The Labute approximate surface area is 117 Å². The lowest BCUT2D eigenvalue weighted by Crippen LogP contribution is -2.30. The zero-order valence-corrected chi connectivity index (χ0v) is 11.6. The summed E-state index contributed by atoms with van der Waals surface area (Å²) >= 11 is 1.55. The molecule has 2 aromatic rings. The molecule has 0 saturated heterocycles. The van der Waals surface area contributed by atoms with E-state index in [4.69, 9.17) is 0 Å². The molecule has 0 spiro atoms. The van der Waals surface area contributed by atoms with Crippen molar-refractivity contribution >= 4 is 17.7 Å². The molecular formula is C15H16N2OS. The van der Waals surface area contributed by atoms with E-state index in [2.05, 4.69) is 10.3 Å². The molecule has 4 heteroatoms. The summed E-state index contributed by atoms with van der Waals surface area (Å²) in [5, 5.41) is 2.78. The lowest BCUT2D eigenvalue weighted by Gasteiger charge is -2.11. The minimum atomic E-state index is -0.119. The summed E-state index contributed by atoms with van der Waals surface area (Å²) in [4.78, 5) is 17.2. The average molecular weight is 272 g/mol. The van der Waals surface area contributed by atoms with Gasteiger partial charge in [0, 0.05) is 11.1 Å². The monoisotopic (exact) mass is 272 g/mol. The lowest BCUT2D eigenvalue weighted by molar-refractivity contribution is -0.120. The fourth-order valence-electron chi connectivity index (χ4n) is 1.58. The van der Waals surface area contributed by atoms with E-state index < -0.39 is 0 Å². The molecule has 1 N–H and O–H groups in total. The smallest absolute Gasteiger partial charge is 0.233 e. The average Bonchev–Trinajstić information content (AvgIpc) is 2.47. The maximum absolute atomic E-state index is 12.0. The van der Waals surface area contributed by atoms with E-state index in [1.165, 1.54) is 0 Å². The number of carbonyl (C=O) groups excluding carboxylic acids is 1. The van der Waals surface area contributed by atoms with Gasteiger partial charge in [-0.15, -0.1) is 11.8 Å². The molecule has 0 fully saturated rings. The van der Waals surface area contributed by atoms with Crippen molar-refractivity contribution in [2.24, 2.45) is 0 Å². The summed E-state index contributed by atoms with van der Waals surface area (Å²) < 4.78 is 0. The maximum atomic E-state index is 12.0. The fraction of sp³-hybridized carbons (Fsp3) is 0.200. The first-order chi connectivity index (χ1) is 9.25. The molecule has 0 aliphatic heterocycles. The Bertz CT molecular complexity index is 516. The number of thioether (sulfide) groups is 1. The summed E-state index contributed by atoms with van der Waals surface area (Å²) in [6.07, 6.45) is 1.73. The predicted octanol–water partition coefficient (Wildman–Crippen LogP) is 2.88. The molecule has 0 aliphatic carbocycles. The van der Waals surface area contributed by atoms with Crippen LogP contribution >= 0.6 is 11.8 Å². The van der Waals surface area contributed by atoms with Gasteiger partial charge in [0.2, 0.25) is 5.91 Å². The highest BCUT2D eigenvalue weighted by atomic mass is 32.2. The first-order valence-corrected chi connectivity index (χ1v) is 7.03. The van der Waals surface area contributed by atoms with Crippen LogP contribution in [0.1, 0.15) is 12.6 Å². The Morgan fingerprint density at radius 2 is 1.95 bits per heavy atom. The number of benzene rings is 1. The van der Waals surface area contributed by atoms with Gasteiger partial charge in [-0.3, -0.25) is 9.78 Å². The van der Waals surface area contributed by atoms with Crippen LogP contribution in [-0.4, -0.2) is 16.1 Å². The molecule has 98 valence electrons. The topological polar surface area (TPSA) is 42.0 Å². The fourth-order valence-corrected chi connectivity index (χ4v) is 2.49. The third-order valence-electron chi connectivity index (χ3n) is 2.60. The van der Waals surface area contributed by atoms with Gasteiger partial charge in [0.05, 0.1) is 17.5 Å². The van der Waals surface area contributed by atoms with Gasteiger partial charge in [0.25, 0.3) is 0 Å². The number of pyridine rings is 1. The summed E-state index contributed by atoms with van der Waals surface area (Å²) in [5.74, 6) is 0.0273. The highest BCUT2D eigenvalue weighted by molar-refractivity contribution is 8.00. The third-order valence-corrected chi connectivity index (χ3v) is 3.71. The molecule has 1 aromatic carbocycles. The van der Waals surface area contributed by atoms with Crippen molar-refractivity contribution < 1.29 is 4.79 Å². The van der Waals surface area contributed by atoms with Crippen LogP contribution in [0.5, 0.6) is 0 Å². The number of hydrogen-bond donors (Lipinski definition) is 1. The van der Waals surface area contributed by atoms with Gasteiger partial charge in [-0.25, -0.2) is 0 Å². The van der Waals surface area contributed by atoms with Gasteiger partial charge >= 0.3 is 0 Å². The number of carbonyl (C=O) groups is 1. The Hall–Kier alpha value is -1.81. The number of amides is 1. The number of aromatic nitrogens is 1. The minimum absolute atomic E-state index is 0.0273. The van der Waals surface area contributed by atoms with Crippen LogP contribution in [0.15, 0.2) is 59.6 Å². The maximum Gasteiger partial charge on any atom is 0.233 e. The van der Waals surface area contributed by atoms with E-state index in [1.54, 1.807) is 18.0 Å². The third kappa shape index (κ3) is 4.41. The molecule has 1 aromatic heterocycles. The first-order valence-electron chi connectivity index (χ1n) is 6.15. The Kier molecular flexibility index (Phi) is 4.98. The lowest BCUT2D eigenvalue weighted by atomic mass is 10.3. The van der Waals surface area contributed by atoms with Crippen LogP contribution in [0, 0.1) is 0 Å². The first kappa shape index (κ1) is 13.6. The molecule has 0 radical (unpaired) electrons. The summed E-state index contributed by atoms with van der Waals surface area (Å²) in [7, 11) is 0. The summed E-state index contributed by atoms with van der Waals surface area (Å²) in [6, 6.07) is 15.6. The van der Waals surface area contributed by atoms with Crippen molar-refractivity contribution in [3.63, 3.8) is 0 Å². The minimum Gasteiger partial charge on any atom is -0.349 e. The second-order valence-corrected chi connectivity index (χ2v) is 5.53. The standard InChI is InChI=1S/C15H16N2OS/c1-12(19-14-8-3-2-4-9-14)15(18)17-11-13-7-5-6-10-16-13/h2-10,12H,11H2,1H3,(H,17,18)/t12-/m1/s1. The Morgan fingerprint density at radius 3 is 2.63 bits per heavy atom. The van der Waals surface area contributed by atoms with Gasteiger partial charge in [-0.1, -0.05) is 24.3 Å². The molecule has 0 unspecified atom stereocenters. The second kappa shape index (κ2) is 6.95. The van der Waals surface area contributed by atoms with Gasteiger partial charge < -0.3 is 5.32 Å². The quantitative estimate of drug-likeness (QED) is 0.851. The van der Waals surface area contributed by atoms with E-state index in [0.717, 1.165) is 10.6 Å². The van der Waals surface area contributed by atoms with Crippen molar-refractivity contribution in [1.29, 1.82) is 0 Å². The normalized spacial score (nSPS) is 11.8. The van der Waals surface area contributed by atoms with Crippen LogP contribution in [0.4, 0.5) is 0 Å². The van der Waals surface area contributed by atoms with Crippen molar-refractivity contribution in [3.05, 3.63) is 60.4 Å². The summed E-state index contributed by atoms with van der Waals surface area (Å²) in [5.41, 5.74) is 0.868. The molecule has 0 saturated carbocycles. The van der Waals surface area contributed by atoms with E-state index in [-0.39, 0.29) is 11.2 Å².